The topological polar surface area (TPSA) is 147 Å². The molecule has 3 aromatic heterocycles. The van der Waals surface area contributed by atoms with Gasteiger partial charge in [0.2, 0.25) is 11.8 Å². The molecule has 0 radical (unpaired) electrons. The number of oxazole rings is 1. The summed E-state index contributed by atoms with van der Waals surface area (Å²) >= 11 is 1.33. The maximum Gasteiger partial charge on any atom is 0.273 e. The molecule has 4 bridgehead atoms. The number of imidazole rings is 1. The first-order valence-corrected chi connectivity index (χ1v) is 15.1. The second-order valence-corrected chi connectivity index (χ2v) is 11.9. The van der Waals surface area contributed by atoms with Crippen molar-refractivity contribution < 1.29 is 18.8 Å². The van der Waals surface area contributed by atoms with Gasteiger partial charge < -0.3 is 24.9 Å². The number of fused-ring (bicyclic) bond motifs is 4. The van der Waals surface area contributed by atoms with Gasteiger partial charge in [-0.25, -0.2) is 15.0 Å². The summed E-state index contributed by atoms with van der Waals surface area (Å²) in [6.45, 7) is 7.16. The summed E-state index contributed by atoms with van der Waals surface area (Å²) in [6, 6.07) is 8.62. The summed E-state index contributed by atoms with van der Waals surface area (Å²) in [4.78, 5) is 55.1. The van der Waals surface area contributed by atoms with Crippen LogP contribution in [0, 0.1) is 12.8 Å². The molecule has 12 nitrogen and oxygen atoms in total. The number of thiazole rings is 1. The zero-order chi connectivity index (χ0) is 30.5. The van der Waals surface area contributed by atoms with E-state index in [-0.39, 0.29) is 48.2 Å². The summed E-state index contributed by atoms with van der Waals surface area (Å²) in [6.07, 6.45) is 3.48. The maximum atomic E-state index is 13.4. The molecule has 4 heterocycles. The minimum absolute atomic E-state index is 0.0284. The van der Waals surface area contributed by atoms with Crippen molar-refractivity contribution >= 4 is 29.1 Å². The summed E-state index contributed by atoms with van der Waals surface area (Å²) in [7, 11) is 1.93. The highest BCUT2D eigenvalue weighted by atomic mass is 32.1. The minimum Gasteiger partial charge on any atom is -0.446 e. The van der Waals surface area contributed by atoms with Gasteiger partial charge in [-0.05, 0) is 18.4 Å². The Bertz CT molecular complexity index is 1580. The van der Waals surface area contributed by atoms with E-state index in [0.717, 1.165) is 17.1 Å². The van der Waals surface area contributed by atoms with Gasteiger partial charge in [0.1, 0.15) is 28.8 Å². The number of aromatic nitrogens is 4. The normalized spacial score (nSPS) is 19.0. The fourth-order valence-electron chi connectivity index (χ4n) is 4.86. The summed E-state index contributed by atoms with van der Waals surface area (Å²) < 4.78 is 7.70. The first kappa shape index (κ1) is 30.1. The van der Waals surface area contributed by atoms with E-state index in [1.54, 1.807) is 11.6 Å². The van der Waals surface area contributed by atoms with Gasteiger partial charge in [0.25, 0.3) is 11.8 Å². The van der Waals surface area contributed by atoms with Gasteiger partial charge in [-0.1, -0.05) is 44.2 Å². The number of amides is 3. The van der Waals surface area contributed by atoms with Crippen LogP contribution in [0.1, 0.15) is 74.9 Å². The predicted octanol–water partition coefficient (Wildman–Crippen LogP) is 2.95. The van der Waals surface area contributed by atoms with E-state index in [4.69, 9.17) is 4.42 Å². The van der Waals surface area contributed by atoms with Crippen LogP contribution in [0.2, 0.25) is 0 Å². The highest BCUT2D eigenvalue weighted by Gasteiger charge is 2.27. The first-order chi connectivity index (χ1) is 20.7. The monoisotopic (exact) mass is 604 g/mol. The third-order valence-electron chi connectivity index (χ3n) is 7.43. The van der Waals surface area contributed by atoms with Crippen molar-refractivity contribution in [1.29, 1.82) is 0 Å². The molecule has 1 aliphatic heterocycles. The highest BCUT2D eigenvalue weighted by Crippen LogP contribution is 2.26. The zero-order valence-electron chi connectivity index (χ0n) is 24.7. The number of carbonyl (C=O) groups is 3. The quantitative estimate of drug-likeness (QED) is 0.315. The van der Waals surface area contributed by atoms with Crippen LogP contribution in [0.3, 0.4) is 0 Å². The zero-order valence-corrected chi connectivity index (χ0v) is 25.5. The first-order valence-electron chi connectivity index (χ1n) is 14.2. The molecular formula is C30H36N8O4S. The van der Waals surface area contributed by atoms with Crippen molar-refractivity contribution in [3.8, 4) is 0 Å². The molecule has 0 saturated carbocycles. The average molecular weight is 605 g/mol. The molecular weight excluding hydrogens is 568 g/mol. The largest absolute Gasteiger partial charge is 0.446 e. The molecule has 1 aromatic carbocycles. The molecule has 1 aliphatic rings. The van der Waals surface area contributed by atoms with Crippen molar-refractivity contribution in [3.63, 3.8) is 0 Å². The van der Waals surface area contributed by atoms with Crippen LogP contribution in [0.5, 0.6) is 0 Å². The number of nitrogens with one attached hydrogen (secondary N) is 3. The van der Waals surface area contributed by atoms with E-state index in [1.165, 1.54) is 17.6 Å². The molecule has 5 rings (SSSR count). The standard InChI is InChI=1S/C30H36N8O4S/c1-18(2)26-30-35-24(17-43-30)28(41)33-22(12-20-8-6-5-7-9-20)29-34-23(16-42-29)27(40)31-10-11-38(15-25(39)36-26)14-21-13-32-19(3)37(21)4/h5-9,13,16-18,22,26H,10-12,14-15H2,1-4H3,(H,31,40)(H,33,41)(H,36,39)/t22-,26-/m0/s1. The molecule has 43 heavy (non-hydrogen) atoms. The Kier molecular flexibility index (Phi) is 9.31. The average Bonchev–Trinajstić information content (AvgIpc) is 3.73. The molecule has 0 spiro atoms. The Labute approximate surface area is 253 Å². The second kappa shape index (κ2) is 13.3. The fourth-order valence-corrected chi connectivity index (χ4v) is 5.88. The number of hydrogen-bond acceptors (Lipinski definition) is 9. The van der Waals surface area contributed by atoms with E-state index >= 15 is 0 Å². The highest BCUT2D eigenvalue weighted by molar-refractivity contribution is 7.09. The smallest absolute Gasteiger partial charge is 0.273 e. The van der Waals surface area contributed by atoms with Crippen molar-refractivity contribution in [2.45, 2.75) is 45.8 Å². The second-order valence-electron chi connectivity index (χ2n) is 11.0. The van der Waals surface area contributed by atoms with E-state index in [0.29, 0.717) is 24.5 Å². The minimum atomic E-state index is -0.640. The summed E-state index contributed by atoms with van der Waals surface area (Å²) in [5.74, 6) is 0.117. The van der Waals surface area contributed by atoms with Crippen molar-refractivity contribution in [2.24, 2.45) is 13.0 Å². The Morgan fingerprint density at radius 2 is 1.86 bits per heavy atom. The van der Waals surface area contributed by atoms with Gasteiger partial charge in [-0.2, -0.15) is 0 Å². The SMILES string of the molecule is Cc1ncc(CN2CCNC(=O)c3coc(n3)[C@H](Cc3ccccc3)NC(=O)c3csc(n3)[C@H](C(C)C)NC(=O)C2)n1C. The number of nitrogens with zero attached hydrogens (tertiary/aromatic N) is 5. The lowest BCUT2D eigenvalue weighted by molar-refractivity contribution is -0.123. The molecule has 13 heteroatoms. The summed E-state index contributed by atoms with van der Waals surface area (Å²) in [5.41, 5.74) is 2.24. The van der Waals surface area contributed by atoms with Gasteiger partial charge in [0.05, 0.1) is 18.3 Å². The third kappa shape index (κ3) is 7.35. The van der Waals surface area contributed by atoms with E-state index in [2.05, 4.69) is 30.9 Å². The Hall–Kier alpha value is -4.36. The van der Waals surface area contributed by atoms with Crippen molar-refractivity contribution in [1.82, 2.24) is 40.4 Å². The van der Waals surface area contributed by atoms with Crippen LogP contribution in [0.4, 0.5) is 0 Å². The van der Waals surface area contributed by atoms with Crippen LogP contribution in [0.15, 0.2) is 52.6 Å². The number of rotatable bonds is 5. The number of carbonyl (C=O) groups excluding carboxylic acids is 3. The van der Waals surface area contributed by atoms with Crippen molar-refractivity contribution in [2.75, 3.05) is 19.6 Å². The number of hydrogen-bond donors (Lipinski definition) is 3. The van der Waals surface area contributed by atoms with E-state index in [9.17, 15) is 14.4 Å². The van der Waals surface area contributed by atoms with Crippen LogP contribution in [0.25, 0.3) is 0 Å². The number of benzene rings is 1. The third-order valence-corrected chi connectivity index (χ3v) is 8.36. The predicted molar refractivity (Wildman–Crippen MR) is 160 cm³/mol. The Morgan fingerprint density at radius 3 is 2.58 bits per heavy atom. The lowest BCUT2D eigenvalue weighted by atomic mass is 10.0. The van der Waals surface area contributed by atoms with Crippen molar-refractivity contribution in [3.05, 3.63) is 87.5 Å². The van der Waals surface area contributed by atoms with Gasteiger partial charge >= 0.3 is 0 Å². The molecule has 0 aliphatic carbocycles. The van der Waals surface area contributed by atoms with Crippen LogP contribution >= 0.6 is 11.3 Å². The van der Waals surface area contributed by atoms with Gasteiger partial charge in [0.15, 0.2) is 5.69 Å². The van der Waals surface area contributed by atoms with Crippen LogP contribution < -0.4 is 16.0 Å². The van der Waals surface area contributed by atoms with E-state index < -0.39 is 17.9 Å². The summed E-state index contributed by atoms with van der Waals surface area (Å²) in [5, 5.41) is 11.3. The lowest BCUT2D eigenvalue weighted by Gasteiger charge is -2.25. The number of aryl methyl sites for hydroxylation is 1. The molecule has 226 valence electrons. The van der Waals surface area contributed by atoms with Crippen LogP contribution in [-0.4, -0.2) is 61.8 Å². The molecule has 4 aromatic rings. The van der Waals surface area contributed by atoms with E-state index in [1.807, 2.05) is 67.6 Å². The van der Waals surface area contributed by atoms with Gasteiger partial charge in [0, 0.05) is 44.7 Å². The van der Waals surface area contributed by atoms with Crippen LogP contribution in [-0.2, 0) is 24.8 Å². The molecule has 3 N–H and O–H groups in total. The maximum absolute atomic E-state index is 13.4. The molecule has 2 atom stereocenters. The Balaban J connectivity index is 1.45. The molecule has 0 fully saturated rings. The fraction of sp³-hybridized carbons (Fsp3) is 0.400. The Morgan fingerprint density at radius 1 is 1.07 bits per heavy atom. The lowest BCUT2D eigenvalue weighted by Crippen LogP contribution is -2.43. The molecule has 3 amide bonds. The molecule has 0 unspecified atom stereocenters. The van der Waals surface area contributed by atoms with Gasteiger partial charge in [-0.15, -0.1) is 11.3 Å². The molecule has 0 saturated heterocycles. The van der Waals surface area contributed by atoms with Gasteiger partial charge in [-0.3, -0.25) is 19.3 Å².